The summed E-state index contributed by atoms with van der Waals surface area (Å²) in [6, 6.07) is -0.0327. The van der Waals surface area contributed by atoms with Gasteiger partial charge >= 0.3 is 23.1 Å². The summed E-state index contributed by atoms with van der Waals surface area (Å²) in [5.74, 6) is -4.66. The van der Waals surface area contributed by atoms with Crippen LogP contribution in [0.15, 0.2) is 15.9 Å². The molecule has 0 amide bonds. The first-order valence-corrected chi connectivity index (χ1v) is 6.47. The Kier molecular flexibility index (Phi) is 4.84. The van der Waals surface area contributed by atoms with E-state index in [0.29, 0.717) is 0 Å². The van der Waals surface area contributed by atoms with Gasteiger partial charge in [-0.2, -0.15) is 0 Å². The predicted octanol–water partition coefficient (Wildman–Crippen LogP) is -1.77. The molecular formula is C6H4MgO9S2. The van der Waals surface area contributed by atoms with E-state index in [4.69, 9.17) is 15.3 Å². The first kappa shape index (κ1) is 17.2. The van der Waals surface area contributed by atoms with Gasteiger partial charge in [0.15, 0.2) is 11.5 Å². The van der Waals surface area contributed by atoms with Crippen LogP contribution in [0, 0.1) is 0 Å². The first-order valence-electron chi connectivity index (χ1n) is 3.66. The zero-order valence-electron chi connectivity index (χ0n) is 8.39. The summed E-state index contributed by atoms with van der Waals surface area (Å²) >= 11 is 0. The molecule has 0 radical (unpaired) electrons. The third kappa shape index (κ3) is 3.15. The summed E-state index contributed by atoms with van der Waals surface area (Å²) < 4.78 is 63.5. The molecule has 0 aliphatic heterocycles. The Hall–Kier alpha value is -0.794. The van der Waals surface area contributed by atoms with Gasteiger partial charge in [-0.1, -0.05) is 0 Å². The molecule has 0 aliphatic rings. The number of phenols is 3. The maximum Gasteiger partial charge on any atom is 2.00 e. The minimum absolute atomic E-state index is 0. The van der Waals surface area contributed by atoms with Crippen LogP contribution in [0.4, 0.5) is 0 Å². The molecule has 1 aromatic carbocycles. The Morgan fingerprint density at radius 2 is 1.06 bits per heavy atom. The molecule has 0 spiro atoms. The van der Waals surface area contributed by atoms with Crippen molar-refractivity contribution in [1.82, 2.24) is 0 Å². The van der Waals surface area contributed by atoms with Gasteiger partial charge in [-0.3, -0.25) is 0 Å². The van der Waals surface area contributed by atoms with Gasteiger partial charge < -0.3 is 24.4 Å². The number of aromatic hydroxyl groups is 3. The van der Waals surface area contributed by atoms with E-state index in [2.05, 4.69) is 0 Å². The largest absolute Gasteiger partial charge is 2.00 e. The molecule has 1 aromatic rings. The number of hydrogen-bond donors (Lipinski definition) is 3. The molecule has 0 fully saturated rings. The Labute approximate surface area is 117 Å². The van der Waals surface area contributed by atoms with E-state index in [0.717, 1.165) is 0 Å². The van der Waals surface area contributed by atoms with E-state index in [1.165, 1.54) is 0 Å². The van der Waals surface area contributed by atoms with E-state index in [9.17, 15) is 25.9 Å². The van der Waals surface area contributed by atoms with Gasteiger partial charge in [-0.25, -0.2) is 16.8 Å². The van der Waals surface area contributed by atoms with E-state index < -0.39 is 47.3 Å². The summed E-state index contributed by atoms with van der Waals surface area (Å²) in [4.78, 5) is -3.05. The molecule has 0 aliphatic carbocycles. The van der Waals surface area contributed by atoms with Crippen LogP contribution in [0.2, 0.25) is 0 Å². The fourth-order valence-corrected chi connectivity index (χ4v) is 2.25. The number of benzene rings is 1. The maximum atomic E-state index is 10.6. The molecule has 12 heteroatoms. The van der Waals surface area contributed by atoms with Crippen molar-refractivity contribution in [2.45, 2.75) is 9.79 Å². The fourth-order valence-electron chi connectivity index (χ4n) is 0.982. The van der Waals surface area contributed by atoms with Crippen LogP contribution < -0.4 is 0 Å². The van der Waals surface area contributed by atoms with Crippen LogP contribution >= 0.6 is 0 Å². The molecule has 9 nitrogen and oxygen atoms in total. The van der Waals surface area contributed by atoms with Crippen molar-refractivity contribution in [1.29, 1.82) is 0 Å². The second-order valence-corrected chi connectivity index (χ2v) is 5.52. The molecule has 96 valence electrons. The smallest absolute Gasteiger partial charge is 0.744 e. The number of phenolic OH excluding ortho intramolecular Hbond substituents is 3. The number of hydrogen-bond acceptors (Lipinski definition) is 9. The van der Waals surface area contributed by atoms with Gasteiger partial charge in [0.25, 0.3) is 0 Å². The molecule has 0 heterocycles. The van der Waals surface area contributed by atoms with Gasteiger partial charge in [0.2, 0.25) is 5.75 Å². The minimum atomic E-state index is -5.33. The van der Waals surface area contributed by atoms with Gasteiger partial charge in [0, 0.05) is 0 Å². The second kappa shape index (κ2) is 5.06. The van der Waals surface area contributed by atoms with Gasteiger partial charge in [-0.15, -0.1) is 0 Å². The van der Waals surface area contributed by atoms with Crippen molar-refractivity contribution in [2.24, 2.45) is 0 Å². The molecule has 0 bridgehead atoms. The third-order valence-corrected chi connectivity index (χ3v) is 3.42. The van der Waals surface area contributed by atoms with Crippen LogP contribution in [0.3, 0.4) is 0 Å². The van der Waals surface area contributed by atoms with Crippen LogP contribution in [-0.4, -0.2) is 64.3 Å². The predicted molar refractivity (Wildman–Crippen MR) is 53.1 cm³/mol. The average Bonchev–Trinajstić information content (AvgIpc) is 2.10. The average molecular weight is 309 g/mol. The van der Waals surface area contributed by atoms with Gasteiger partial charge in [-0.05, 0) is 6.07 Å². The Balaban J connectivity index is 0.00000289. The summed E-state index contributed by atoms with van der Waals surface area (Å²) in [5, 5.41) is 27.0. The number of rotatable bonds is 2. The second-order valence-electron chi connectivity index (χ2n) is 2.83. The van der Waals surface area contributed by atoms with Gasteiger partial charge in [0.05, 0.1) is 0 Å². The third-order valence-electron chi connectivity index (χ3n) is 1.72. The topological polar surface area (TPSA) is 175 Å². The Bertz CT molecular complexity index is 619. The van der Waals surface area contributed by atoms with Crippen LogP contribution in [0.25, 0.3) is 0 Å². The van der Waals surface area contributed by atoms with E-state index in [-0.39, 0.29) is 29.1 Å². The molecule has 0 aromatic heterocycles. The molecular weight excluding hydrogens is 304 g/mol. The molecule has 0 unspecified atom stereocenters. The fraction of sp³-hybridized carbons (Fsp3) is 0. The summed E-state index contributed by atoms with van der Waals surface area (Å²) in [5.41, 5.74) is 0. The standard InChI is InChI=1S/C6H6O9S2.Mg/c7-4-2(16(10,11)12)1-3(17(13,14)15)5(8)6(4)9;/h1,7-9H,(H,10,11,12)(H,13,14,15);/q;+2/p-2. The van der Waals surface area contributed by atoms with Crippen molar-refractivity contribution in [3.8, 4) is 17.2 Å². The molecule has 0 atom stereocenters. The van der Waals surface area contributed by atoms with Crippen LogP contribution in [-0.2, 0) is 20.2 Å². The molecule has 18 heavy (non-hydrogen) atoms. The monoisotopic (exact) mass is 308 g/mol. The quantitative estimate of drug-likeness (QED) is 0.324. The van der Waals surface area contributed by atoms with E-state index in [1.54, 1.807) is 0 Å². The SMILES string of the molecule is O=S(=O)([O-])c1cc(S(=O)(=O)[O-])c(O)c(O)c1O.[Mg+2]. The van der Waals surface area contributed by atoms with Crippen molar-refractivity contribution in [3.63, 3.8) is 0 Å². The summed E-state index contributed by atoms with van der Waals surface area (Å²) in [6.45, 7) is 0. The normalized spacial score (nSPS) is 11.9. The molecule has 3 N–H and O–H groups in total. The van der Waals surface area contributed by atoms with Crippen molar-refractivity contribution in [3.05, 3.63) is 6.07 Å². The van der Waals surface area contributed by atoms with Crippen molar-refractivity contribution >= 4 is 43.3 Å². The molecule has 0 saturated heterocycles. The summed E-state index contributed by atoms with van der Waals surface area (Å²) in [7, 11) is -10.7. The minimum Gasteiger partial charge on any atom is -0.744 e. The Morgan fingerprint density at radius 3 is 1.28 bits per heavy atom. The summed E-state index contributed by atoms with van der Waals surface area (Å²) in [6.07, 6.45) is 0. The molecule has 0 saturated carbocycles. The van der Waals surface area contributed by atoms with E-state index >= 15 is 0 Å². The first-order chi connectivity index (χ1) is 7.46. The van der Waals surface area contributed by atoms with E-state index in [1.807, 2.05) is 0 Å². The van der Waals surface area contributed by atoms with Crippen LogP contribution in [0.5, 0.6) is 17.2 Å². The van der Waals surface area contributed by atoms with Gasteiger partial charge in [0.1, 0.15) is 30.0 Å². The maximum absolute atomic E-state index is 10.6. The van der Waals surface area contributed by atoms with Crippen molar-refractivity contribution < 1.29 is 41.3 Å². The Morgan fingerprint density at radius 1 is 0.778 bits per heavy atom. The zero-order valence-corrected chi connectivity index (χ0v) is 11.4. The van der Waals surface area contributed by atoms with Crippen molar-refractivity contribution in [2.75, 3.05) is 0 Å². The zero-order chi connectivity index (χ0) is 13.6. The molecule has 1 rings (SSSR count). The van der Waals surface area contributed by atoms with Crippen LogP contribution in [0.1, 0.15) is 0 Å².